The first-order valence-electron chi connectivity index (χ1n) is 6.86. The van der Waals surface area contributed by atoms with Gasteiger partial charge >= 0.3 is 0 Å². The second kappa shape index (κ2) is 5.02. The van der Waals surface area contributed by atoms with Crippen LogP contribution in [0.3, 0.4) is 0 Å². The lowest BCUT2D eigenvalue weighted by Gasteiger charge is -2.53. The van der Waals surface area contributed by atoms with Crippen molar-refractivity contribution in [3.05, 3.63) is 71.8 Å². The third kappa shape index (κ3) is 2.24. The van der Waals surface area contributed by atoms with Gasteiger partial charge in [-0.1, -0.05) is 60.7 Å². The largest absolute Gasteiger partial charge is 0.385 e. The normalized spacial score (nSPS) is 26.5. The molecule has 1 saturated heterocycles. The molecule has 0 spiro atoms. The molecule has 2 atom stereocenters. The molecule has 0 radical (unpaired) electrons. The molecule has 0 saturated carbocycles. The van der Waals surface area contributed by atoms with E-state index in [2.05, 4.69) is 24.3 Å². The highest BCUT2D eigenvalue weighted by Gasteiger charge is 2.50. The highest BCUT2D eigenvalue weighted by Crippen LogP contribution is 2.39. The molecule has 20 heavy (non-hydrogen) atoms. The molecule has 2 N–H and O–H groups in total. The summed E-state index contributed by atoms with van der Waals surface area (Å²) in [6.45, 7) is 2.13. The summed E-state index contributed by atoms with van der Waals surface area (Å²) in [7, 11) is 0. The lowest BCUT2D eigenvalue weighted by atomic mass is 9.87. The van der Waals surface area contributed by atoms with Gasteiger partial charge in [0.2, 0.25) is 0 Å². The molecule has 2 unspecified atom stereocenters. The van der Waals surface area contributed by atoms with Crippen LogP contribution in [0, 0.1) is 0 Å². The number of nitrogens with zero attached hydrogens (tertiary/aromatic N) is 1. The molecule has 1 heterocycles. The molecule has 1 fully saturated rings. The van der Waals surface area contributed by atoms with E-state index in [1.54, 1.807) is 6.92 Å². The van der Waals surface area contributed by atoms with Gasteiger partial charge in [-0.05, 0) is 18.1 Å². The van der Waals surface area contributed by atoms with Gasteiger partial charge in [-0.3, -0.25) is 4.90 Å². The second-order valence-electron chi connectivity index (χ2n) is 5.63. The zero-order valence-electron chi connectivity index (χ0n) is 11.5. The monoisotopic (exact) mass is 269 g/mol. The van der Waals surface area contributed by atoms with E-state index in [-0.39, 0.29) is 6.04 Å². The summed E-state index contributed by atoms with van der Waals surface area (Å²) in [4.78, 5) is 1.92. The van der Waals surface area contributed by atoms with Crippen LogP contribution < -0.4 is 0 Å². The predicted molar refractivity (Wildman–Crippen MR) is 78.1 cm³/mol. The van der Waals surface area contributed by atoms with Crippen LogP contribution in [-0.2, 0) is 0 Å². The molecule has 0 aromatic heterocycles. The van der Waals surface area contributed by atoms with Crippen molar-refractivity contribution in [1.82, 2.24) is 4.90 Å². The van der Waals surface area contributed by atoms with Crippen LogP contribution >= 0.6 is 0 Å². The van der Waals surface area contributed by atoms with Gasteiger partial charge in [0, 0.05) is 6.54 Å². The first-order chi connectivity index (χ1) is 9.59. The van der Waals surface area contributed by atoms with E-state index in [9.17, 15) is 10.2 Å². The fourth-order valence-electron chi connectivity index (χ4n) is 2.86. The minimum Gasteiger partial charge on any atom is -0.385 e. The van der Waals surface area contributed by atoms with Gasteiger partial charge in [-0.15, -0.1) is 0 Å². The van der Waals surface area contributed by atoms with Crippen molar-refractivity contribution in [3.8, 4) is 0 Å². The summed E-state index contributed by atoms with van der Waals surface area (Å²) in [6.07, 6.45) is -0.840. The first kappa shape index (κ1) is 13.3. The molecule has 1 aliphatic rings. The minimum absolute atomic E-state index is 0.0346. The summed E-state index contributed by atoms with van der Waals surface area (Å²) in [5, 5.41) is 20.2. The SMILES string of the molecule is CC1(O)CN(C(c2ccccc2)c2ccccc2)C1O. The Kier molecular flexibility index (Phi) is 3.34. The number of rotatable bonds is 3. The van der Waals surface area contributed by atoms with E-state index >= 15 is 0 Å². The molecule has 3 heteroatoms. The topological polar surface area (TPSA) is 43.7 Å². The van der Waals surface area contributed by atoms with Gasteiger partial charge in [0.25, 0.3) is 0 Å². The molecule has 0 amide bonds. The van der Waals surface area contributed by atoms with Crippen molar-refractivity contribution >= 4 is 0 Å². The molecule has 104 valence electrons. The lowest BCUT2D eigenvalue weighted by molar-refractivity contribution is -0.241. The van der Waals surface area contributed by atoms with Crippen molar-refractivity contribution in [2.45, 2.75) is 24.8 Å². The Balaban J connectivity index is 1.98. The quantitative estimate of drug-likeness (QED) is 0.897. The Labute approximate surface area is 119 Å². The maximum Gasteiger partial charge on any atom is 0.138 e. The van der Waals surface area contributed by atoms with Gasteiger partial charge in [0.05, 0.1) is 6.04 Å². The Morgan fingerprint density at radius 3 is 1.80 bits per heavy atom. The highest BCUT2D eigenvalue weighted by atomic mass is 16.4. The van der Waals surface area contributed by atoms with Crippen molar-refractivity contribution < 1.29 is 10.2 Å². The van der Waals surface area contributed by atoms with Crippen LogP contribution in [0.15, 0.2) is 60.7 Å². The molecule has 2 aromatic carbocycles. The van der Waals surface area contributed by atoms with E-state index in [4.69, 9.17) is 0 Å². The van der Waals surface area contributed by atoms with E-state index in [0.29, 0.717) is 6.54 Å². The number of likely N-dealkylation sites (tertiary alicyclic amines) is 1. The number of hydrogen-bond acceptors (Lipinski definition) is 3. The Hall–Kier alpha value is -1.68. The van der Waals surface area contributed by atoms with Gasteiger partial charge < -0.3 is 10.2 Å². The summed E-state index contributed by atoms with van der Waals surface area (Å²) in [5.74, 6) is 0. The fourth-order valence-corrected chi connectivity index (χ4v) is 2.86. The van der Waals surface area contributed by atoms with Crippen molar-refractivity contribution in [3.63, 3.8) is 0 Å². The highest BCUT2D eigenvalue weighted by molar-refractivity contribution is 5.33. The van der Waals surface area contributed by atoms with Gasteiger partial charge in [0.1, 0.15) is 11.8 Å². The van der Waals surface area contributed by atoms with Crippen LogP contribution in [0.4, 0.5) is 0 Å². The number of aliphatic hydroxyl groups is 2. The molecule has 2 aromatic rings. The molecule has 0 bridgehead atoms. The predicted octanol–water partition coefficient (Wildman–Crippen LogP) is 2.16. The summed E-state index contributed by atoms with van der Waals surface area (Å²) >= 11 is 0. The van der Waals surface area contributed by atoms with Gasteiger partial charge in [-0.25, -0.2) is 0 Å². The lowest BCUT2D eigenvalue weighted by Crippen LogP contribution is -2.68. The molecule has 3 nitrogen and oxygen atoms in total. The Morgan fingerprint density at radius 2 is 1.45 bits per heavy atom. The first-order valence-corrected chi connectivity index (χ1v) is 6.86. The van der Waals surface area contributed by atoms with E-state index in [1.165, 1.54) is 0 Å². The average molecular weight is 269 g/mol. The molecular weight excluding hydrogens is 250 g/mol. The zero-order chi connectivity index (χ0) is 14.2. The smallest absolute Gasteiger partial charge is 0.138 e. The van der Waals surface area contributed by atoms with Crippen LogP contribution in [0.2, 0.25) is 0 Å². The van der Waals surface area contributed by atoms with Crippen LogP contribution in [0.1, 0.15) is 24.1 Å². The van der Waals surface area contributed by atoms with E-state index < -0.39 is 11.8 Å². The minimum atomic E-state index is -1.03. The number of benzene rings is 2. The van der Waals surface area contributed by atoms with Crippen LogP contribution in [-0.4, -0.2) is 33.5 Å². The van der Waals surface area contributed by atoms with Crippen molar-refractivity contribution in [2.75, 3.05) is 6.54 Å². The summed E-state index contributed by atoms with van der Waals surface area (Å²) in [5.41, 5.74) is 1.21. The van der Waals surface area contributed by atoms with Crippen molar-refractivity contribution in [1.29, 1.82) is 0 Å². The molecule has 0 aliphatic carbocycles. The van der Waals surface area contributed by atoms with Crippen LogP contribution in [0.5, 0.6) is 0 Å². The third-order valence-electron chi connectivity index (χ3n) is 3.94. The summed E-state index contributed by atoms with van der Waals surface area (Å²) in [6, 6.07) is 20.1. The van der Waals surface area contributed by atoms with E-state index in [0.717, 1.165) is 11.1 Å². The van der Waals surface area contributed by atoms with E-state index in [1.807, 2.05) is 41.3 Å². The third-order valence-corrected chi connectivity index (χ3v) is 3.94. The fraction of sp³-hybridized carbons (Fsp3) is 0.294. The Morgan fingerprint density at radius 1 is 1.00 bits per heavy atom. The summed E-state index contributed by atoms with van der Waals surface area (Å²) < 4.78 is 0. The number of β-amino-alcohol motifs (C(OH)–C–C–N with tert-alkyl or cyclic N) is 1. The number of aliphatic hydroxyl groups excluding tert-OH is 1. The van der Waals surface area contributed by atoms with Crippen molar-refractivity contribution in [2.24, 2.45) is 0 Å². The molecular formula is C17H19NO2. The average Bonchev–Trinajstić information content (AvgIpc) is 2.48. The second-order valence-corrected chi connectivity index (χ2v) is 5.63. The van der Waals surface area contributed by atoms with Gasteiger partial charge in [-0.2, -0.15) is 0 Å². The Bertz CT molecular complexity index is 529. The number of hydrogen-bond donors (Lipinski definition) is 2. The maximum atomic E-state index is 10.2. The maximum absolute atomic E-state index is 10.2. The van der Waals surface area contributed by atoms with Gasteiger partial charge in [0.15, 0.2) is 0 Å². The zero-order valence-corrected chi connectivity index (χ0v) is 11.5. The molecule has 3 rings (SSSR count). The van der Waals surface area contributed by atoms with Crippen LogP contribution in [0.25, 0.3) is 0 Å². The molecule has 1 aliphatic heterocycles. The standard InChI is InChI=1S/C17H19NO2/c1-17(20)12-18(16(17)19)15(13-8-4-2-5-9-13)14-10-6-3-7-11-14/h2-11,15-16,19-20H,12H2,1H3.